The first kappa shape index (κ1) is 16.9. The van der Waals surface area contributed by atoms with E-state index in [4.69, 9.17) is 10.2 Å². The molecule has 0 heterocycles. The molecule has 21 heavy (non-hydrogen) atoms. The molecule has 3 N–H and O–H groups in total. The predicted molar refractivity (Wildman–Crippen MR) is 85.7 cm³/mol. The van der Waals surface area contributed by atoms with E-state index < -0.39 is 0 Å². The Morgan fingerprint density at radius 3 is 2.00 bits per heavy atom. The minimum atomic E-state index is -0.0395. The summed E-state index contributed by atoms with van der Waals surface area (Å²) in [6.45, 7) is 2.19. The summed E-state index contributed by atoms with van der Waals surface area (Å²) < 4.78 is 0. The lowest BCUT2D eigenvalue weighted by atomic mass is 10.1. The largest absolute Gasteiger partial charge is 0.508 e. The van der Waals surface area contributed by atoms with Crippen molar-refractivity contribution in [3.63, 3.8) is 0 Å². The Morgan fingerprint density at radius 1 is 0.762 bits per heavy atom. The zero-order valence-corrected chi connectivity index (χ0v) is 12.5. The molecule has 0 fully saturated rings. The number of rotatable bonds is 5. The van der Waals surface area contributed by atoms with Crippen LogP contribution in [0.3, 0.4) is 0 Å². The first-order valence-electron chi connectivity index (χ1n) is 7.38. The summed E-state index contributed by atoms with van der Waals surface area (Å²) in [4.78, 5) is 0. The molecule has 0 aromatic heterocycles. The van der Waals surface area contributed by atoms with Crippen LogP contribution in [-0.2, 0) is 6.42 Å². The monoisotopic (exact) mass is 288 g/mol. The Labute approximate surface area is 126 Å². The van der Waals surface area contributed by atoms with Crippen LogP contribution in [-0.4, -0.2) is 15.3 Å². The molecule has 2 aromatic rings. The fraction of sp³-hybridized carbons (Fsp3) is 0.333. The van der Waals surface area contributed by atoms with Crippen LogP contribution in [0.2, 0.25) is 0 Å². The fourth-order valence-corrected chi connectivity index (χ4v) is 1.91. The first-order valence-corrected chi connectivity index (χ1v) is 7.38. The summed E-state index contributed by atoms with van der Waals surface area (Å²) in [6, 6.07) is 13.8. The molecule has 0 atom stereocenters. The molecule has 0 spiro atoms. The highest BCUT2D eigenvalue weighted by Gasteiger charge is 2.00. The highest BCUT2D eigenvalue weighted by atomic mass is 16.3. The van der Waals surface area contributed by atoms with Gasteiger partial charge in [0.1, 0.15) is 5.75 Å². The van der Waals surface area contributed by atoms with Crippen molar-refractivity contribution in [2.24, 2.45) is 0 Å². The second kappa shape index (κ2) is 9.70. The molecule has 2 aromatic carbocycles. The van der Waals surface area contributed by atoms with Crippen LogP contribution in [0.5, 0.6) is 17.2 Å². The van der Waals surface area contributed by atoms with Gasteiger partial charge in [-0.1, -0.05) is 50.5 Å². The van der Waals surface area contributed by atoms with E-state index >= 15 is 0 Å². The van der Waals surface area contributed by atoms with Crippen LogP contribution in [0.1, 0.15) is 38.2 Å². The minimum absolute atomic E-state index is 0.0157. The van der Waals surface area contributed by atoms with E-state index in [0.29, 0.717) is 5.75 Å². The van der Waals surface area contributed by atoms with Crippen LogP contribution in [0, 0.1) is 0 Å². The van der Waals surface area contributed by atoms with Crippen molar-refractivity contribution in [3.05, 3.63) is 54.1 Å². The van der Waals surface area contributed by atoms with Crippen molar-refractivity contribution in [1.82, 2.24) is 0 Å². The number of hydrogen-bond acceptors (Lipinski definition) is 3. The van der Waals surface area contributed by atoms with Crippen LogP contribution in [0.4, 0.5) is 0 Å². The van der Waals surface area contributed by atoms with Crippen molar-refractivity contribution < 1.29 is 15.3 Å². The zero-order valence-electron chi connectivity index (χ0n) is 12.5. The average Bonchev–Trinajstić information content (AvgIpc) is 2.49. The third kappa shape index (κ3) is 7.25. The van der Waals surface area contributed by atoms with Gasteiger partial charge in [-0.3, -0.25) is 0 Å². The highest BCUT2D eigenvalue weighted by Crippen LogP contribution is 2.25. The van der Waals surface area contributed by atoms with Gasteiger partial charge in [-0.25, -0.2) is 0 Å². The number of phenols is 3. The van der Waals surface area contributed by atoms with Gasteiger partial charge < -0.3 is 15.3 Å². The van der Waals surface area contributed by atoms with Crippen molar-refractivity contribution >= 4 is 0 Å². The van der Waals surface area contributed by atoms with Crippen molar-refractivity contribution in [1.29, 1.82) is 0 Å². The standard InChI is InChI=1S/C12H18O2.C6H6O/c1-2-3-4-5-6-10-7-8-11(13)12(14)9-10;7-6-4-2-1-3-5-6/h7-9,13-14H,2-6H2,1H3;1-5,7H. The molecule has 0 saturated carbocycles. The van der Waals surface area contributed by atoms with Gasteiger partial charge in [0.05, 0.1) is 0 Å². The van der Waals surface area contributed by atoms with E-state index in [1.54, 1.807) is 36.4 Å². The molecule has 0 saturated heterocycles. The number of aryl methyl sites for hydroxylation is 1. The lowest BCUT2D eigenvalue weighted by Crippen LogP contribution is -1.85. The maximum absolute atomic E-state index is 9.25. The van der Waals surface area contributed by atoms with Crippen molar-refractivity contribution in [3.8, 4) is 17.2 Å². The van der Waals surface area contributed by atoms with Gasteiger partial charge in [-0.05, 0) is 42.7 Å². The number of para-hydroxylation sites is 1. The number of phenolic OH excluding ortho intramolecular Hbond substituents is 3. The maximum atomic E-state index is 9.25. The molecule has 0 bridgehead atoms. The van der Waals surface area contributed by atoms with Crippen molar-refractivity contribution in [2.75, 3.05) is 0 Å². The molecule has 0 aliphatic heterocycles. The summed E-state index contributed by atoms with van der Waals surface area (Å²) >= 11 is 0. The third-order valence-electron chi connectivity index (χ3n) is 3.12. The van der Waals surface area contributed by atoms with Crippen LogP contribution >= 0.6 is 0 Å². The quantitative estimate of drug-likeness (QED) is 0.556. The lowest BCUT2D eigenvalue weighted by Gasteiger charge is -2.03. The van der Waals surface area contributed by atoms with Crippen molar-refractivity contribution in [2.45, 2.75) is 39.0 Å². The van der Waals surface area contributed by atoms with Gasteiger partial charge in [0.25, 0.3) is 0 Å². The molecule has 0 amide bonds. The van der Waals surface area contributed by atoms with Crippen LogP contribution in [0.25, 0.3) is 0 Å². The number of unbranched alkanes of at least 4 members (excludes halogenated alkanes) is 3. The SMILES string of the molecule is CCCCCCc1ccc(O)c(O)c1.Oc1ccccc1. The number of benzene rings is 2. The Hall–Kier alpha value is -2.16. The van der Waals surface area contributed by atoms with Gasteiger partial charge in [-0.2, -0.15) is 0 Å². The molecule has 114 valence electrons. The van der Waals surface area contributed by atoms with Gasteiger partial charge in [0.2, 0.25) is 0 Å². The molecule has 3 nitrogen and oxygen atoms in total. The third-order valence-corrected chi connectivity index (χ3v) is 3.12. The molecule has 0 radical (unpaired) electrons. The second-order valence-corrected chi connectivity index (χ2v) is 4.97. The molecular formula is C18H24O3. The lowest BCUT2D eigenvalue weighted by molar-refractivity contribution is 0.403. The van der Waals surface area contributed by atoms with E-state index in [1.165, 1.54) is 19.3 Å². The number of aromatic hydroxyl groups is 3. The summed E-state index contributed by atoms with van der Waals surface area (Å²) in [6.07, 6.45) is 5.87. The summed E-state index contributed by atoms with van der Waals surface area (Å²) in [5, 5.41) is 27.0. The Morgan fingerprint density at radius 2 is 1.48 bits per heavy atom. The normalized spacial score (nSPS) is 9.76. The zero-order chi connectivity index (χ0) is 15.5. The summed E-state index contributed by atoms with van der Waals surface area (Å²) in [5.74, 6) is 0.266. The molecular weight excluding hydrogens is 264 g/mol. The topological polar surface area (TPSA) is 60.7 Å². The Kier molecular flexibility index (Phi) is 7.80. The number of hydrogen-bond donors (Lipinski definition) is 3. The predicted octanol–water partition coefficient (Wildman–Crippen LogP) is 4.61. The maximum Gasteiger partial charge on any atom is 0.157 e. The fourth-order valence-electron chi connectivity index (χ4n) is 1.91. The second-order valence-electron chi connectivity index (χ2n) is 4.97. The Balaban J connectivity index is 0.000000262. The van der Waals surface area contributed by atoms with E-state index in [9.17, 15) is 5.11 Å². The summed E-state index contributed by atoms with van der Waals surface area (Å²) in [5.41, 5.74) is 1.09. The summed E-state index contributed by atoms with van der Waals surface area (Å²) in [7, 11) is 0. The smallest absolute Gasteiger partial charge is 0.157 e. The molecule has 3 heteroatoms. The van der Waals surface area contributed by atoms with Crippen LogP contribution < -0.4 is 0 Å². The average molecular weight is 288 g/mol. The highest BCUT2D eigenvalue weighted by molar-refractivity contribution is 5.40. The molecule has 0 unspecified atom stereocenters. The van der Waals surface area contributed by atoms with E-state index in [0.717, 1.165) is 18.4 Å². The first-order chi connectivity index (χ1) is 10.1. The van der Waals surface area contributed by atoms with Gasteiger partial charge >= 0.3 is 0 Å². The van der Waals surface area contributed by atoms with Gasteiger partial charge in [0, 0.05) is 0 Å². The van der Waals surface area contributed by atoms with E-state index in [2.05, 4.69) is 6.92 Å². The minimum Gasteiger partial charge on any atom is -0.508 e. The van der Waals surface area contributed by atoms with Gasteiger partial charge in [0.15, 0.2) is 11.5 Å². The van der Waals surface area contributed by atoms with Crippen LogP contribution in [0.15, 0.2) is 48.5 Å². The van der Waals surface area contributed by atoms with Gasteiger partial charge in [-0.15, -0.1) is 0 Å². The molecule has 0 aliphatic carbocycles. The van der Waals surface area contributed by atoms with E-state index in [-0.39, 0.29) is 11.5 Å². The van der Waals surface area contributed by atoms with E-state index in [1.807, 2.05) is 12.1 Å². The Bertz CT molecular complexity index is 509. The molecule has 2 rings (SSSR count). The molecule has 0 aliphatic rings.